The molecule has 0 saturated heterocycles. The molecule has 2 aromatic rings. The van der Waals surface area contributed by atoms with Gasteiger partial charge in [-0.15, -0.1) is 0 Å². The molecule has 1 aliphatic heterocycles. The molecule has 0 fully saturated rings. The molecule has 2 amide bonds. The Balaban J connectivity index is 1.87. The monoisotopic (exact) mass is 475 g/mol. The Morgan fingerprint density at radius 3 is 2.45 bits per heavy atom. The van der Waals surface area contributed by atoms with Gasteiger partial charge >= 0.3 is 0 Å². The Kier molecular flexibility index (Phi) is 7.80. The molecule has 1 aliphatic rings. The Morgan fingerprint density at radius 2 is 1.79 bits per heavy atom. The van der Waals surface area contributed by atoms with E-state index >= 15 is 0 Å². The molecule has 0 aromatic heterocycles. The smallest absolute Gasteiger partial charge is 0.244 e. The Hall–Kier alpha value is -3.27. The van der Waals surface area contributed by atoms with Gasteiger partial charge in [0.2, 0.25) is 28.6 Å². The zero-order valence-corrected chi connectivity index (χ0v) is 19.8. The van der Waals surface area contributed by atoms with E-state index in [0.717, 1.165) is 9.87 Å². The molecule has 9 nitrogen and oxygen atoms in total. The molecule has 1 heterocycles. The minimum Gasteiger partial charge on any atom is -0.454 e. The molecule has 10 heteroatoms. The normalized spacial score (nSPS) is 13.3. The molecule has 3 rings (SSSR count). The summed E-state index contributed by atoms with van der Waals surface area (Å²) in [5.74, 6) is -0.0716. The third-order valence-corrected chi connectivity index (χ3v) is 7.26. The summed E-state index contributed by atoms with van der Waals surface area (Å²) in [6, 6.07) is 13.5. The summed E-state index contributed by atoms with van der Waals surface area (Å²) in [5.41, 5.74) is 1.30. The number of hydrogen-bond donors (Lipinski definition) is 1. The van der Waals surface area contributed by atoms with Crippen molar-refractivity contribution in [2.75, 3.05) is 37.0 Å². The summed E-state index contributed by atoms with van der Waals surface area (Å²) in [4.78, 5) is 27.1. The largest absolute Gasteiger partial charge is 0.454 e. The second-order valence-corrected chi connectivity index (χ2v) is 9.74. The molecule has 33 heavy (non-hydrogen) atoms. The van der Waals surface area contributed by atoms with E-state index in [-0.39, 0.29) is 25.0 Å². The number of hydrogen-bond acceptors (Lipinski definition) is 6. The van der Waals surface area contributed by atoms with Crippen LogP contribution in [0, 0.1) is 0 Å². The third kappa shape index (κ3) is 5.75. The molecule has 0 spiro atoms. The van der Waals surface area contributed by atoms with Crippen molar-refractivity contribution in [3.8, 4) is 11.5 Å². The maximum atomic E-state index is 13.4. The summed E-state index contributed by atoms with van der Waals surface area (Å²) in [7, 11) is -2.29. The van der Waals surface area contributed by atoms with Gasteiger partial charge in [0.1, 0.15) is 12.6 Å². The molecule has 1 atom stereocenters. The number of likely N-dealkylation sites (N-methyl/N-ethyl adjacent to an activating group) is 1. The van der Waals surface area contributed by atoms with Crippen LogP contribution in [0.5, 0.6) is 11.5 Å². The van der Waals surface area contributed by atoms with Crippen molar-refractivity contribution < 1.29 is 27.5 Å². The summed E-state index contributed by atoms with van der Waals surface area (Å²) in [5, 5.41) is 2.56. The molecule has 0 unspecified atom stereocenters. The molecule has 2 aromatic carbocycles. The minimum atomic E-state index is -3.79. The number of rotatable bonds is 10. The van der Waals surface area contributed by atoms with Crippen LogP contribution in [0.2, 0.25) is 0 Å². The number of benzene rings is 2. The van der Waals surface area contributed by atoms with E-state index in [0.29, 0.717) is 23.6 Å². The highest BCUT2D eigenvalue weighted by Crippen LogP contribution is 2.36. The van der Waals surface area contributed by atoms with E-state index in [1.807, 2.05) is 30.3 Å². The van der Waals surface area contributed by atoms with Crippen LogP contribution in [-0.4, -0.2) is 63.9 Å². The van der Waals surface area contributed by atoms with Crippen LogP contribution in [-0.2, 0) is 26.0 Å². The van der Waals surface area contributed by atoms with Gasteiger partial charge in [0.25, 0.3) is 0 Å². The van der Waals surface area contributed by atoms with Gasteiger partial charge in [0, 0.05) is 19.7 Å². The van der Waals surface area contributed by atoms with Gasteiger partial charge in [0.15, 0.2) is 11.5 Å². The Morgan fingerprint density at radius 1 is 1.09 bits per heavy atom. The lowest BCUT2D eigenvalue weighted by atomic mass is 10.1. The van der Waals surface area contributed by atoms with E-state index in [1.165, 1.54) is 18.9 Å². The lowest BCUT2D eigenvalue weighted by Crippen LogP contribution is -2.52. The van der Waals surface area contributed by atoms with Crippen molar-refractivity contribution in [1.29, 1.82) is 0 Å². The van der Waals surface area contributed by atoms with Gasteiger partial charge in [-0.1, -0.05) is 30.3 Å². The van der Waals surface area contributed by atoms with Crippen LogP contribution < -0.4 is 19.1 Å². The molecule has 0 saturated carbocycles. The van der Waals surface area contributed by atoms with Gasteiger partial charge in [-0.2, -0.15) is 0 Å². The van der Waals surface area contributed by atoms with E-state index in [1.54, 1.807) is 25.1 Å². The number of amides is 2. The van der Waals surface area contributed by atoms with Crippen LogP contribution >= 0.6 is 0 Å². The standard InChI is InChI=1S/C23H29N3O6S/c1-4-33(29,30)26(19-10-11-20-21(14-19)32-16-31-20)15-22(27)25(17(2)23(28)24-3)13-12-18-8-6-5-7-9-18/h5-11,14,17H,4,12-13,15-16H2,1-3H3,(H,24,28)/t17-/m1/s1. The number of nitrogens with one attached hydrogen (secondary N) is 1. The van der Waals surface area contributed by atoms with Crippen LogP contribution in [0.3, 0.4) is 0 Å². The van der Waals surface area contributed by atoms with Crippen LogP contribution in [0.15, 0.2) is 48.5 Å². The van der Waals surface area contributed by atoms with Crippen molar-refractivity contribution in [1.82, 2.24) is 10.2 Å². The van der Waals surface area contributed by atoms with Crippen molar-refractivity contribution in [2.45, 2.75) is 26.3 Å². The second kappa shape index (κ2) is 10.6. The summed E-state index contributed by atoms with van der Waals surface area (Å²) in [6.45, 7) is 3.01. The molecular formula is C23H29N3O6S. The first-order valence-corrected chi connectivity index (χ1v) is 12.3. The zero-order valence-electron chi connectivity index (χ0n) is 19.0. The lowest BCUT2D eigenvalue weighted by Gasteiger charge is -2.31. The van der Waals surface area contributed by atoms with E-state index in [2.05, 4.69) is 5.32 Å². The molecule has 0 radical (unpaired) electrons. The number of carbonyl (C=O) groups is 2. The van der Waals surface area contributed by atoms with Crippen LogP contribution in [0.4, 0.5) is 5.69 Å². The Labute approximate surface area is 194 Å². The van der Waals surface area contributed by atoms with Gasteiger partial charge < -0.3 is 19.7 Å². The fourth-order valence-corrected chi connectivity index (χ4v) is 4.59. The SMILES string of the molecule is CCS(=O)(=O)N(CC(=O)N(CCc1ccccc1)[C@H](C)C(=O)NC)c1ccc2c(c1)OCO2. The summed E-state index contributed by atoms with van der Waals surface area (Å²) in [6.07, 6.45) is 0.526. The third-order valence-electron chi connectivity index (χ3n) is 5.52. The van der Waals surface area contributed by atoms with Crippen LogP contribution in [0.25, 0.3) is 0 Å². The highest BCUT2D eigenvalue weighted by Gasteiger charge is 2.31. The maximum absolute atomic E-state index is 13.4. The highest BCUT2D eigenvalue weighted by atomic mass is 32.2. The van der Waals surface area contributed by atoms with Gasteiger partial charge in [-0.25, -0.2) is 8.42 Å². The van der Waals surface area contributed by atoms with E-state index < -0.39 is 28.5 Å². The Bertz CT molecular complexity index is 1090. The number of anilines is 1. The van der Waals surface area contributed by atoms with E-state index in [9.17, 15) is 18.0 Å². The topological polar surface area (TPSA) is 105 Å². The second-order valence-electron chi connectivity index (χ2n) is 7.56. The first kappa shape index (κ1) is 24.4. The summed E-state index contributed by atoms with van der Waals surface area (Å²) >= 11 is 0. The quantitative estimate of drug-likeness (QED) is 0.562. The van der Waals surface area contributed by atoms with Gasteiger partial charge in [0.05, 0.1) is 11.4 Å². The summed E-state index contributed by atoms with van der Waals surface area (Å²) < 4.78 is 37.5. The fraction of sp³-hybridized carbons (Fsp3) is 0.391. The van der Waals surface area contributed by atoms with Crippen molar-refractivity contribution in [2.24, 2.45) is 0 Å². The zero-order chi connectivity index (χ0) is 24.0. The number of nitrogens with zero attached hydrogens (tertiary/aromatic N) is 2. The van der Waals surface area contributed by atoms with Crippen LogP contribution in [0.1, 0.15) is 19.4 Å². The number of fused-ring (bicyclic) bond motifs is 1. The molecule has 0 bridgehead atoms. The number of carbonyl (C=O) groups excluding carboxylic acids is 2. The van der Waals surface area contributed by atoms with E-state index in [4.69, 9.17) is 9.47 Å². The van der Waals surface area contributed by atoms with Crippen molar-refractivity contribution in [3.05, 3.63) is 54.1 Å². The lowest BCUT2D eigenvalue weighted by molar-refractivity contribution is -0.138. The molecule has 178 valence electrons. The highest BCUT2D eigenvalue weighted by molar-refractivity contribution is 7.92. The number of ether oxygens (including phenoxy) is 2. The molecular weight excluding hydrogens is 446 g/mol. The first-order valence-electron chi connectivity index (χ1n) is 10.7. The van der Waals surface area contributed by atoms with Crippen molar-refractivity contribution >= 4 is 27.5 Å². The molecule has 1 N–H and O–H groups in total. The molecule has 0 aliphatic carbocycles. The fourth-order valence-electron chi connectivity index (χ4n) is 3.54. The predicted octanol–water partition coefficient (Wildman–Crippen LogP) is 1.78. The van der Waals surface area contributed by atoms with Crippen molar-refractivity contribution in [3.63, 3.8) is 0 Å². The predicted molar refractivity (Wildman–Crippen MR) is 125 cm³/mol. The first-order chi connectivity index (χ1) is 15.8. The minimum absolute atomic E-state index is 0.0507. The maximum Gasteiger partial charge on any atom is 0.244 e. The average molecular weight is 476 g/mol. The number of sulfonamides is 1. The van der Waals surface area contributed by atoms with Gasteiger partial charge in [-0.05, 0) is 38.0 Å². The average Bonchev–Trinajstić information content (AvgIpc) is 3.30. The van der Waals surface area contributed by atoms with Gasteiger partial charge in [-0.3, -0.25) is 13.9 Å².